The van der Waals surface area contributed by atoms with Crippen LogP contribution in [0.2, 0.25) is 0 Å². The number of aliphatic hydroxyl groups is 2. The Labute approximate surface area is 697 Å². The second kappa shape index (κ2) is 46.3. The third kappa shape index (κ3) is 33.9. The molecule has 58 heteroatoms. The van der Waals surface area contributed by atoms with E-state index in [4.69, 9.17) is 41.9 Å². The molecule has 44 nitrogen and oxygen atoms in total. The molecule has 0 bridgehead atoms. The van der Waals surface area contributed by atoms with E-state index in [2.05, 4.69) is 66.8 Å². The van der Waals surface area contributed by atoms with Crippen LogP contribution in [0.4, 0.5) is 21.5 Å². The number of imidazole rings is 2. The molecule has 0 aliphatic carbocycles. The first kappa shape index (κ1) is 102. The monoisotopic (exact) mass is 1510 g/mol. The molecular weight excluding hydrogens is 1450 g/mol. The number of ether oxygens (including phenoxy) is 4. The summed E-state index contributed by atoms with van der Waals surface area (Å²) in [6.45, 7) is -0.963. The van der Waals surface area contributed by atoms with E-state index in [1.807, 2.05) is 0 Å². The van der Waals surface area contributed by atoms with Crippen molar-refractivity contribution in [3.8, 4) is 0 Å². The molecule has 4 unspecified atom stereocenters. The van der Waals surface area contributed by atoms with E-state index in [-0.39, 0.29) is 284 Å². The topological polar surface area (TPSA) is 709 Å². The van der Waals surface area contributed by atoms with E-state index in [1.165, 1.54) is 0 Å². The van der Waals surface area contributed by atoms with Gasteiger partial charge in [0.15, 0.2) is 47.0 Å². The van der Waals surface area contributed by atoms with Gasteiger partial charge in [0.05, 0.1) is 41.5 Å². The summed E-state index contributed by atoms with van der Waals surface area (Å²) in [4.78, 5) is 158. The molecule has 0 radical (unpaired) electrons. The maximum atomic E-state index is 12.5. The predicted octanol–water partition coefficient (Wildman–Crippen LogP) is -31.2. The van der Waals surface area contributed by atoms with Gasteiger partial charge in [0.25, 0.3) is 42.4 Å². The number of aromatic nitrogens is 8. The van der Waals surface area contributed by atoms with E-state index in [1.54, 1.807) is 0 Å². The summed E-state index contributed by atoms with van der Waals surface area (Å²) in [6.07, 6.45) is -7.48. The zero-order valence-corrected chi connectivity index (χ0v) is 72.0. The van der Waals surface area contributed by atoms with Crippen LogP contribution in [0.25, 0.3) is 22.3 Å². The van der Waals surface area contributed by atoms with Gasteiger partial charge in [-0.25, -0.2) is 28.2 Å². The van der Waals surface area contributed by atoms with Crippen molar-refractivity contribution in [3.63, 3.8) is 0 Å². The Balaban J connectivity index is -0.000000774. The Morgan fingerprint density at radius 2 is 0.891 bits per heavy atom. The number of rotatable bonds is 30. The van der Waals surface area contributed by atoms with Gasteiger partial charge in [0.1, 0.15) is 24.4 Å². The van der Waals surface area contributed by atoms with Crippen LogP contribution in [-0.4, -0.2) is 137 Å². The van der Waals surface area contributed by atoms with Crippen LogP contribution in [0.1, 0.15) is 63.8 Å². The molecule has 2 amide bonds. The number of hydrogen-bond donors (Lipinski definition) is 10. The Hall–Kier alpha value is 3.42. The Morgan fingerprint density at radius 1 is 0.533 bits per heavy atom. The fraction of sp³-hybridized carbons (Fsp3) is 0.647. The van der Waals surface area contributed by atoms with E-state index >= 15 is 0 Å². The summed E-state index contributed by atoms with van der Waals surface area (Å²) in [5.41, 5.74) is 19.7. The number of nitrogens with one attached hydrogen (secondary N) is 4. The van der Waals surface area contributed by atoms with Crippen LogP contribution in [0, 0.1) is 0 Å². The number of carbonyl (C=O) groups excluding carboxylic acids is 2. The van der Waals surface area contributed by atoms with E-state index in [9.17, 15) is 95.9 Å². The van der Waals surface area contributed by atoms with Crippen molar-refractivity contribution in [2.45, 2.75) is 100 Å². The summed E-state index contributed by atoms with van der Waals surface area (Å²) < 4.78 is 114. The van der Waals surface area contributed by atoms with Gasteiger partial charge in [0, 0.05) is 13.1 Å². The fourth-order valence-corrected chi connectivity index (χ4v) is 13.3. The molecule has 4 aromatic rings. The van der Waals surface area contributed by atoms with Crippen LogP contribution >= 0.6 is 46.9 Å². The standard InChI is InChI=1S/2C17H30N7O15P3.8Na/c18-5-3-1-2-4-6-20-17(27)37-12-9(7-35-41(31,32)39-42(33,34)38-40(28,29)30)36-15(11(12)25)24-8-21-10-13(24)22-16(19)23-14(10)26;18-5-3-1-2-4-6-20-17(27)37-12-11(25)9(7-35-41(31,32)39-42(33,34)38-40(28,29)30)36-15(12)24-8-21-10-13(24)22-16(19)23-14(10)26;;;;;;;;/h2*8-9,11-12,15,25H,1-7,18H2,(H,20,27)(H,31,32)(H,33,34)(H2,28,29,30)(H3,19,22,23,26);;;;;;;;/q;;8*+1/p-8/t2*9-,11-,12-,15-;;;;;;;;/m11......../s1. The van der Waals surface area contributed by atoms with Crippen molar-refractivity contribution in [2.75, 3.05) is 50.9 Å². The fourth-order valence-electron chi connectivity index (χ4n) is 7.55. The molecular formula is C34H52N14Na8O30P6. The van der Waals surface area contributed by atoms with Crippen molar-refractivity contribution in [1.29, 1.82) is 0 Å². The molecule has 4 aromatic heterocycles. The minimum absolute atomic E-state index is 0. The van der Waals surface area contributed by atoms with Gasteiger partial charge < -0.3 is 120 Å². The molecule has 0 spiro atoms. The number of hydrogen-bond acceptors (Lipinski definition) is 38. The molecule has 92 heavy (non-hydrogen) atoms. The van der Waals surface area contributed by atoms with Gasteiger partial charge in [0.2, 0.25) is 11.9 Å². The van der Waals surface area contributed by atoms with Crippen LogP contribution < -0.4 is 320 Å². The average molecular weight is 1510 g/mol. The van der Waals surface area contributed by atoms with Gasteiger partial charge in [-0.05, 0) is 38.8 Å². The third-order valence-electron chi connectivity index (χ3n) is 11.0. The van der Waals surface area contributed by atoms with Gasteiger partial charge in [-0.2, -0.15) is 9.97 Å². The molecule has 2 saturated heterocycles. The number of nitrogens with two attached hydrogens (primary N) is 4. The van der Waals surface area contributed by atoms with Crippen molar-refractivity contribution in [3.05, 3.63) is 33.4 Å². The Bertz CT molecular complexity index is 3360. The average Bonchev–Trinajstić information content (AvgIpc) is 1.62. The van der Waals surface area contributed by atoms with Gasteiger partial charge >= 0.3 is 249 Å². The molecule has 2 aliphatic heterocycles. The molecule has 2 fully saturated rings. The maximum absolute atomic E-state index is 12.5. The number of aromatic amines is 2. The maximum Gasteiger partial charge on any atom is 1.00 e. The quantitative estimate of drug-likeness (QED) is 0.0132. The summed E-state index contributed by atoms with van der Waals surface area (Å²) in [5, 5.41) is 26.7. The first-order valence-electron chi connectivity index (χ1n) is 23.9. The zero-order chi connectivity index (χ0) is 62.6. The number of nitrogen functional groups attached to an aromatic ring is 2. The molecule has 476 valence electrons. The van der Waals surface area contributed by atoms with Crippen LogP contribution in [0.15, 0.2) is 22.2 Å². The normalized spacial score (nSPS) is 21.8. The number of unbranched alkanes of at least 4 members (excludes halogenated alkanes) is 6. The van der Waals surface area contributed by atoms with Crippen molar-refractivity contribution < 1.29 is 368 Å². The number of fused-ring (bicyclic) bond motifs is 2. The van der Waals surface area contributed by atoms with Crippen molar-refractivity contribution in [1.82, 2.24) is 49.7 Å². The number of amides is 2. The number of H-pyrrole nitrogens is 2. The predicted molar refractivity (Wildman–Crippen MR) is 258 cm³/mol. The second-order valence-corrected chi connectivity index (χ2v) is 25.8. The molecule has 0 saturated carbocycles. The van der Waals surface area contributed by atoms with Gasteiger partial charge in [-0.3, -0.25) is 55.6 Å². The number of phosphoric ester groups is 2. The number of alkyl carbamates (subject to hydrolysis) is 2. The van der Waals surface area contributed by atoms with E-state index < -0.39 is 133 Å². The number of anilines is 2. The molecule has 0 aromatic carbocycles. The van der Waals surface area contributed by atoms with Gasteiger partial charge in [-0.1, -0.05) is 25.7 Å². The molecule has 2 aliphatic rings. The zero-order valence-electron chi connectivity index (χ0n) is 50.7. The molecule has 12 atom stereocenters. The van der Waals surface area contributed by atoms with Crippen LogP contribution in [0.5, 0.6) is 0 Å². The van der Waals surface area contributed by atoms with Gasteiger partial charge in [-0.15, -0.1) is 0 Å². The smallest absolute Gasteiger partial charge is 0.790 e. The van der Waals surface area contributed by atoms with E-state index in [0.29, 0.717) is 25.9 Å². The third-order valence-corrected chi connectivity index (χ3v) is 18.3. The largest absolute Gasteiger partial charge is 1.00 e. The molecule has 14 N–H and O–H groups in total. The minimum Gasteiger partial charge on any atom is -0.790 e. The molecule has 6 heterocycles. The molecule has 6 rings (SSSR count). The number of carbonyl (C=O) groups is 2. The van der Waals surface area contributed by atoms with E-state index in [0.717, 1.165) is 60.3 Å². The first-order valence-corrected chi connectivity index (χ1v) is 32.6. The minimum atomic E-state index is -6.25. The second-order valence-electron chi connectivity index (χ2n) is 17.3. The number of nitrogens with zero attached hydrogens (tertiary/aromatic N) is 6. The number of aliphatic hydroxyl groups excluding tert-OH is 2. The SMILES string of the molecule is NCCCCCCNC(=O)O[C@@H]1[C@H](O)[C@@H](COP(=O)([O-])OP(=O)([O-])OP(=O)([O-])[O-])O[C@H]1n1cnc2c(=O)[nH]c(N)nc21.NCCCCCCNC(=O)O[C@H]1[C@@H](O)[C@H](n2cnc3c(=O)[nH]c(N)nc32)O[C@@H]1COP(=O)([O-])OP(=O)([O-])OP(=O)([O-])[O-].[Na+].[Na+].[Na+].[Na+].[Na+].[Na+].[Na+].[Na+]. The van der Waals surface area contributed by atoms with Crippen molar-refractivity contribution in [2.24, 2.45) is 11.5 Å². The summed E-state index contributed by atoms with van der Waals surface area (Å²) in [6, 6.07) is 0. The first-order chi connectivity index (χ1) is 39.0. The Kier molecular flexibility index (Phi) is 51.2. The van der Waals surface area contributed by atoms with Crippen LogP contribution in [0.3, 0.4) is 0 Å². The Morgan fingerprint density at radius 3 is 1.28 bits per heavy atom. The summed E-state index contributed by atoms with van der Waals surface area (Å²) in [7, 11) is -36.8. The summed E-state index contributed by atoms with van der Waals surface area (Å²) in [5.74, 6) is -0.651. The van der Waals surface area contributed by atoms with Crippen molar-refractivity contribution >= 4 is 93.3 Å². The number of phosphoric acid groups is 6. The summed E-state index contributed by atoms with van der Waals surface area (Å²) >= 11 is 0. The van der Waals surface area contributed by atoms with Crippen LogP contribution in [-0.2, 0) is 72.6 Å².